The average Bonchev–Trinajstić information content (AvgIpc) is 3.03. The highest BCUT2D eigenvalue weighted by molar-refractivity contribution is 6.02. The van der Waals surface area contributed by atoms with Gasteiger partial charge >= 0.3 is 0 Å². The summed E-state index contributed by atoms with van der Waals surface area (Å²) in [7, 11) is 0. The van der Waals surface area contributed by atoms with Gasteiger partial charge in [0.15, 0.2) is 0 Å². The van der Waals surface area contributed by atoms with Gasteiger partial charge in [-0.2, -0.15) is 0 Å². The smallest absolute Gasteiger partial charge is 0.253 e. The minimum atomic E-state index is -0.268. The minimum absolute atomic E-state index is 0.0136. The van der Waals surface area contributed by atoms with E-state index < -0.39 is 0 Å². The molecule has 1 aliphatic heterocycles. The number of carbonyl (C=O) groups excluding carboxylic acids is 2. The first-order valence-electron chi connectivity index (χ1n) is 16.1. The Kier molecular flexibility index (Phi) is 10.3. The molecule has 0 spiro atoms. The molecule has 0 unspecified atom stereocenters. The summed E-state index contributed by atoms with van der Waals surface area (Å²) in [6.07, 6.45) is 5.16. The molecule has 8 nitrogen and oxygen atoms in total. The van der Waals surface area contributed by atoms with Crippen molar-refractivity contribution in [2.75, 3.05) is 37.7 Å². The summed E-state index contributed by atoms with van der Waals surface area (Å²) >= 11 is 0. The molecule has 2 aromatic carbocycles. The fraction of sp³-hybridized carbons (Fsp3) is 0.472. The fourth-order valence-electron chi connectivity index (χ4n) is 6.58. The molecule has 2 N–H and O–H groups in total. The van der Waals surface area contributed by atoms with Crippen LogP contribution in [0.2, 0.25) is 0 Å². The van der Waals surface area contributed by atoms with E-state index in [9.17, 15) is 14.4 Å². The molecular weight excluding hydrogens is 552 g/mol. The van der Waals surface area contributed by atoms with Gasteiger partial charge in [0.05, 0.1) is 13.2 Å². The Hall–Kier alpha value is -3.75. The van der Waals surface area contributed by atoms with Gasteiger partial charge in [-0.1, -0.05) is 43.5 Å². The molecule has 1 saturated carbocycles. The van der Waals surface area contributed by atoms with Crippen molar-refractivity contribution in [1.82, 2.24) is 15.2 Å². The van der Waals surface area contributed by atoms with Gasteiger partial charge in [0.2, 0.25) is 5.91 Å². The molecule has 0 bridgehead atoms. The number of ether oxygens (including phenoxy) is 1. The Balaban J connectivity index is 1.48. The standard InChI is InChI=1S/C36H46N4O4/c1-5-40(36(43)29-9-7-6-8-10-29)33-21-30(28-13-11-27(12-14-28)23-39-15-17-44-18-16-39)20-31(26(33)4)34(41)37-22-32-24(2)19-25(3)38-35(32)42/h11-14,19-21,29H,5-10,15-18,22-23H2,1-4H3,(H,37,41)(H,38,42). The zero-order valence-corrected chi connectivity index (χ0v) is 26.6. The van der Waals surface area contributed by atoms with E-state index in [1.54, 1.807) is 0 Å². The van der Waals surface area contributed by atoms with E-state index >= 15 is 0 Å². The monoisotopic (exact) mass is 598 g/mol. The van der Waals surface area contributed by atoms with Crippen LogP contribution in [-0.4, -0.2) is 54.5 Å². The number of anilines is 1. The molecule has 1 aromatic heterocycles. The number of nitrogens with zero attached hydrogens (tertiary/aromatic N) is 2. The number of aromatic nitrogens is 1. The quantitative estimate of drug-likeness (QED) is 0.331. The van der Waals surface area contributed by atoms with Gasteiger partial charge in [0.1, 0.15) is 0 Å². The van der Waals surface area contributed by atoms with E-state index in [0.29, 0.717) is 17.7 Å². The zero-order chi connectivity index (χ0) is 31.2. The van der Waals surface area contributed by atoms with Gasteiger partial charge in [-0.3, -0.25) is 19.3 Å². The van der Waals surface area contributed by atoms with Gasteiger partial charge in [0.25, 0.3) is 11.5 Å². The summed E-state index contributed by atoms with van der Waals surface area (Å²) in [6.45, 7) is 12.5. The SMILES string of the molecule is CCN(C(=O)C1CCCCC1)c1cc(-c2ccc(CN3CCOCC3)cc2)cc(C(=O)NCc2c(C)cc(C)[nH]c2=O)c1C. The van der Waals surface area contributed by atoms with Gasteiger partial charge < -0.3 is 19.9 Å². The minimum Gasteiger partial charge on any atom is -0.379 e. The summed E-state index contributed by atoms with van der Waals surface area (Å²) in [5.74, 6) is -0.115. The first-order valence-corrected chi connectivity index (χ1v) is 16.1. The highest BCUT2D eigenvalue weighted by Crippen LogP contribution is 2.34. The Labute approximate surface area is 260 Å². The van der Waals surface area contributed by atoms with E-state index in [4.69, 9.17) is 4.74 Å². The second kappa shape index (κ2) is 14.4. The molecule has 2 amide bonds. The Morgan fingerprint density at radius 3 is 2.34 bits per heavy atom. The second-order valence-electron chi connectivity index (χ2n) is 12.3. The number of nitrogens with one attached hydrogen (secondary N) is 2. The Bertz CT molecular complexity index is 1530. The lowest BCUT2D eigenvalue weighted by Gasteiger charge is -2.30. The fourth-order valence-corrected chi connectivity index (χ4v) is 6.58. The number of morpholine rings is 1. The number of aryl methyl sites for hydroxylation is 2. The van der Waals surface area contributed by atoms with Gasteiger partial charge in [-0.05, 0) is 86.6 Å². The second-order valence-corrected chi connectivity index (χ2v) is 12.3. The van der Waals surface area contributed by atoms with Crippen molar-refractivity contribution in [2.24, 2.45) is 5.92 Å². The predicted molar refractivity (Wildman–Crippen MR) is 175 cm³/mol. The van der Waals surface area contributed by atoms with Gasteiger partial charge in [0, 0.05) is 61.1 Å². The summed E-state index contributed by atoms with van der Waals surface area (Å²) in [5.41, 5.74) is 7.10. The number of aromatic amines is 1. The van der Waals surface area contributed by atoms with Crippen LogP contribution in [0.25, 0.3) is 11.1 Å². The molecule has 3 aromatic rings. The Morgan fingerprint density at radius 2 is 1.68 bits per heavy atom. The van der Waals surface area contributed by atoms with Crippen LogP contribution in [-0.2, 0) is 22.6 Å². The van der Waals surface area contributed by atoms with Crippen LogP contribution >= 0.6 is 0 Å². The van der Waals surface area contributed by atoms with E-state index in [1.165, 1.54) is 12.0 Å². The van der Waals surface area contributed by atoms with E-state index in [1.807, 2.05) is 44.7 Å². The third-order valence-corrected chi connectivity index (χ3v) is 9.17. The number of pyridine rings is 1. The van der Waals surface area contributed by atoms with Crippen molar-refractivity contribution in [3.05, 3.63) is 86.3 Å². The third kappa shape index (κ3) is 7.30. The van der Waals surface area contributed by atoms with Crippen LogP contribution in [0.5, 0.6) is 0 Å². The summed E-state index contributed by atoms with van der Waals surface area (Å²) in [5, 5.41) is 2.99. The Morgan fingerprint density at radius 1 is 0.977 bits per heavy atom. The van der Waals surface area contributed by atoms with Crippen LogP contribution in [0.4, 0.5) is 5.69 Å². The normalized spacial score (nSPS) is 16.1. The molecule has 5 rings (SSSR count). The molecule has 2 aliphatic rings. The predicted octanol–water partition coefficient (Wildman–Crippen LogP) is 5.66. The van der Waals surface area contributed by atoms with Crippen LogP contribution in [0.1, 0.15) is 77.3 Å². The maximum absolute atomic E-state index is 13.8. The number of H-pyrrole nitrogens is 1. The number of hydrogen-bond donors (Lipinski definition) is 2. The van der Waals surface area contributed by atoms with E-state index in [0.717, 1.165) is 92.2 Å². The molecule has 8 heteroatoms. The van der Waals surface area contributed by atoms with Crippen LogP contribution in [0.3, 0.4) is 0 Å². The molecule has 2 fully saturated rings. The maximum atomic E-state index is 13.8. The highest BCUT2D eigenvalue weighted by atomic mass is 16.5. The maximum Gasteiger partial charge on any atom is 0.253 e. The van der Waals surface area contributed by atoms with E-state index in [2.05, 4.69) is 45.5 Å². The lowest BCUT2D eigenvalue weighted by molar-refractivity contribution is -0.123. The highest BCUT2D eigenvalue weighted by Gasteiger charge is 2.28. The van der Waals surface area contributed by atoms with Crippen LogP contribution < -0.4 is 15.8 Å². The molecule has 0 radical (unpaired) electrons. The molecule has 1 aliphatic carbocycles. The summed E-state index contributed by atoms with van der Waals surface area (Å²) in [6, 6.07) is 14.4. The average molecular weight is 599 g/mol. The first kappa shape index (κ1) is 31.7. The van der Waals surface area contributed by atoms with Crippen LogP contribution in [0, 0.1) is 26.7 Å². The van der Waals surface area contributed by atoms with Crippen molar-refractivity contribution >= 4 is 17.5 Å². The molecule has 2 heterocycles. The summed E-state index contributed by atoms with van der Waals surface area (Å²) < 4.78 is 5.49. The zero-order valence-electron chi connectivity index (χ0n) is 26.6. The number of amides is 2. The van der Waals surface area contributed by atoms with Gasteiger partial charge in [-0.25, -0.2) is 0 Å². The molecule has 1 saturated heterocycles. The third-order valence-electron chi connectivity index (χ3n) is 9.17. The molecule has 44 heavy (non-hydrogen) atoms. The van der Waals surface area contributed by atoms with Crippen molar-refractivity contribution in [3.63, 3.8) is 0 Å². The number of benzene rings is 2. The molecular formula is C36H46N4O4. The molecule has 0 atom stereocenters. The topological polar surface area (TPSA) is 94.7 Å². The van der Waals surface area contributed by atoms with E-state index in [-0.39, 0.29) is 29.8 Å². The lowest BCUT2D eigenvalue weighted by atomic mass is 9.87. The number of hydrogen-bond acceptors (Lipinski definition) is 5. The summed E-state index contributed by atoms with van der Waals surface area (Å²) in [4.78, 5) is 47.3. The van der Waals surface area contributed by atoms with Crippen molar-refractivity contribution < 1.29 is 14.3 Å². The van der Waals surface area contributed by atoms with Crippen molar-refractivity contribution in [2.45, 2.75) is 72.9 Å². The van der Waals surface area contributed by atoms with Crippen molar-refractivity contribution in [3.8, 4) is 11.1 Å². The first-order chi connectivity index (χ1) is 21.2. The number of carbonyl (C=O) groups is 2. The largest absolute Gasteiger partial charge is 0.379 e. The van der Waals surface area contributed by atoms with Crippen LogP contribution in [0.15, 0.2) is 47.3 Å². The molecule has 234 valence electrons. The lowest BCUT2D eigenvalue weighted by Crippen LogP contribution is -2.38. The number of rotatable bonds is 9. The van der Waals surface area contributed by atoms with Gasteiger partial charge in [-0.15, -0.1) is 0 Å². The van der Waals surface area contributed by atoms with Crippen molar-refractivity contribution in [1.29, 1.82) is 0 Å².